The van der Waals surface area contributed by atoms with Crippen molar-refractivity contribution in [2.24, 2.45) is 0 Å². The van der Waals surface area contributed by atoms with Crippen LogP contribution in [0.25, 0.3) is 0 Å². The first-order valence-electron chi connectivity index (χ1n) is 6.92. The summed E-state index contributed by atoms with van der Waals surface area (Å²) in [6.45, 7) is 2.28. The number of esters is 1. The number of carbonyl (C=O) groups is 1. The fourth-order valence-electron chi connectivity index (χ4n) is 2.90. The van der Waals surface area contributed by atoms with E-state index < -0.39 is 0 Å². The van der Waals surface area contributed by atoms with Gasteiger partial charge in [0.2, 0.25) is 0 Å². The number of aromatic nitrogens is 1. The molecule has 5 heteroatoms. The maximum absolute atomic E-state index is 11.9. The van der Waals surface area contributed by atoms with Gasteiger partial charge in [-0.25, -0.2) is 4.98 Å². The number of hydrogen-bond acceptors (Lipinski definition) is 5. The molecule has 0 radical (unpaired) electrons. The van der Waals surface area contributed by atoms with Crippen molar-refractivity contribution < 1.29 is 14.3 Å². The van der Waals surface area contributed by atoms with E-state index in [1.54, 1.807) is 18.4 Å². The van der Waals surface area contributed by atoms with Crippen LogP contribution in [0.3, 0.4) is 0 Å². The minimum atomic E-state index is -0.172. The molecular formula is C14H19NO3S. The van der Waals surface area contributed by atoms with Crippen LogP contribution in [0, 0.1) is 0 Å². The van der Waals surface area contributed by atoms with Crippen molar-refractivity contribution in [3.63, 3.8) is 0 Å². The van der Waals surface area contributed by atoms with Crippen molar-refractivity contribution >= 4 is 17.3 Å². The first-order valence-corrected chi connectivity index (χ1v) is 7.73. The zero-order valence-corrected chi connectivity index (χ0v) is 12.2. The van der Waals surface area contributed by atoms with E-state index in [-0.39, 0.29) is 17.5 Å². The molecule has 0 spiro atoms. The monoisotopic (exact) mass is 281 g/mol. The molecule has 1 unspecified atom stereocenters. The second-order valence-corrected chi connectivity index (χ2v) is 6.31. The Bertz CT molecular complexity index is 487. The third-order valence-corrected chi connectivity index (χ3v) is 5.55. The van der Waals surface area contributed by atoms with Crippen LogP contribution in [0.15, 0.2) is 0 Å². The lowest BCUT2D eigenvalue weighted by Crippen LogP contribution is -2.36. The molecule has 4 nitrogen and oxygen atoms in total. The number of rotatable bonds is 4. The summed E-state index contributed by atoms with van der Waals surface area (Å²) in [6, 6.07) is 0. The van der Waals surface area contributed by atoms with E-state index in [1.807, 2.05) is 6.92 Å². The Labute approximate surface area is 117 Å². The normalized spacial score (nSPS) is 23.8. The third-order valence-electron chi connectivity index (χ3n) is 4.23. The Balaban J connectivity index is 1.86. The largest absolute Gasteiger partial charge is 0.465 e. The smallest absolute Gasteiger partial charge is 0.315 e. The highest BCUT2D eigenvalue weighted by molar-refractivity contribution is 7.12. The Morgan fingerprint density at radius 2 is 2.32 bits per heavy atom. The van der Waals surface area contributed by atoms with Crippen LogP contribution in [0.1, 0.15) is 54.1 Å². The van der Waals surface area contributed by atoms with Crippen LogP contribution in [0.4, 0.5) is 0 Å². The summed E-state index contributed by atoms with van der Waals surface area (Å²) in [5.41, 5.74) is 0.774. The molecule has 0 amide bonds. The average molecular weight is 281 g/mol. The summed E-state index contributed by atoms with van der Waals surface area (Å²) in [7, 11) is 1.76. The zero-order chi connectivity index (χ0) is 13.5. The highest BCUT2D eigenvalue weighted by Gasteiger charge is 2.44. The van der Waals surface area contributed by atoms with Gasteiger partial charge in [0, 0.05) is 12.0 Å². The number of aryl methyl sites for hydroxylation is 1. The van der Waals surface area contributed by atoms with Crippen LogP contribution >= 0.6 is 11.3 Å². The van der Waals surface area contributed by atoms with Gasteiger partial charge < -0.3 is 9.47 Å². The Kier molecular flexibility index (Phi) is 3.35. The van der Waals surface area contributed by atoms with Gasteiger partial charge in [-0.3, -0.25) is 4.79 Å². The number of carbonyl (C=O) groups excluding carboxylic acids is 1. The Hall–Kier alpha value is -0.940. The predicted octanol–water partition coefficient (Wildman–Crippen LogP) is 2.76. The topological polar surface area (TPSA) is 48.4 Å². The van der Waals surface area contributed by atoms with Gasteiger partial charge in [-0.05, 0) is 39.0 Å². The summed E-state index contributed by atoms with van der Waals surface area (Å²) in [6.07, 6.45) is 5.06. The van der Waals surface area contributed by atoms with Gasteiger partial charge in [0.15, 0.2) is 0 Å². The highest BCUT2D eigenvalue weighted by atomic mass is 32.1. The van der Waals surface area contributed by atoms with Gasteiger partial charge in [0.25, 0.3) is 0 Å². The molecule has 0 aliphatic heterocycles. The second-order valence-electron chi connectivity index (χ2n) is 5.22. The fourth-order valence-corrected chi connectivity index (χ4v) is 4.26. The molecule has 0 aromatic carbocycles. The molecule has 1 atom stereocenters. The van der Waals surface area contributed by atoms with Crippen LogP contribution in [-0.2, 0) is 26.3 Å². The summed E-state index contributed by atoms with van der Waals surface area (Å²) in [4.78, 5) is 17.9. The molecule has 104 valence electrons. The van der Waals surface area contributed by atoms with E-state index in [2.05, 4.69) is 0 Å². The van der Waals surface area contributed by atoms with Crippen molar-refractivity contribution in [2.45, 2.75) is 50.5 Å². The first kappa shape index (κ1) is 13.1. The fraction of sp³-hybridized carbons (Fsp3) is 0.714. The van der Waals surface area contributed by atoms with Gasteiger partial charge in [-0.1, -0.05) is 0 Å². The molecule has 1 aromatic rings. The molecule has 0 bridgehead atoms. The standard InChI is InChI=1S/C14H19NO3S/c1-3-18-12(16)9-5-6-10-11(9)15-13(19-10)14(17-2)7-4-8-14/h9H,3-8H2,1-2H3. The van der Waals surface area contributed by atoms with Crippen LogP contribution in [0.5, 0.6) is 0 Å². The number of methoxy groups -OCH3 is 1. The van der Waals surface area contributed by atoms with E-state index in [9.17, 15) is 4.79 Å². The Morgan fingerprint density at radius 1 is 1.53 bits per heavy atom. The second kappa shape index (κ2) is 4.87. The minimum Gasteiger partial charge on any atom is -0.465 e. The molecule has 2 aliphatic carbocycles. The van der Waals surface area contributed by atoms with E-state index >= 15 is 0 Å². The van der Waals surface area contributed by atoms with E-state index in [0.29, 0.717) is 6.61 Å². The number of fused-ring (bicyclic) bond motifs is 1. The van der Waals surface area contributed by atoms with Crippen molar-refractivity contribution in [3.05, 3.63) is 15.6 Å². The molecule has 3 rings (SSSR count). The molecule has 0 N–H and O–H groups in total. The lowest BCUT2D eigenvalue weighted by atomic mass is 9.80. The number of thiazole rings is 1. The maximum atomic E-state index is 11.9. The van der Waals surface area contributed by atoms with E-state index in [4.69, 9.17) is 14.5 Å². The van der Waals surface area contributed by atoms with Crippen molar-refractivity contribution in [3.8, 4) is 0 Å². The lowest BCUT2D eigenvalue weighted by Gasteiger charge is -2.38. The van der Waals surface area contributed by atoms with Crippen LogP contribution in [0.2, 0.25) is 0 Å². The summed E-state index contributed by atoms with van der Waals surface area (Å²) < 4.78 is 10.8. The highest BCUT2D eigenvalue weighted by Crippen LogP contribution is 2.48. The summed E-state index contributed by atoms with van der Waals surface area (Å²) >= 11 is 1.72. The number of hydrogen-bond donors (Lipinski definition) is 0. The van der Waals surface area contributed by atoms with E-state index in [1.165, 1.54) is 11.3 Å². The molecular weight excluding hydrogens is 262 g/mol. The maximum Gasteiger partial charge on any atom is 0.315 e. The first-order chi connectivity index (χ1) is 9.20. The van der Waals surface area contributed by atoms with Crippen LogP contribution in [-0.4, -0.2) is 24.7 Å². The molecule has 0 saturated heterocycles. The lowest BCUT2D eigenvalue weighted by molar-refractivity contribution is -0.145. The molecule has 1 saturated carbocycles. The SMILES string of the molecule is CCOC(=O)C1CCc2sc(C3(OC)CCC3)nc21. The van der Waals surface area contributed by atoms with Gasteiger partial charge in [-0.15, -0.1) is 11.3 Å². The summed E-state index contributed by atoms with van der Waals surface area (Å²) in [5, 5.41) is 1.06. The number of nitrogens with zero attached hydrogens (tertiary/aromatic N) is 1. The zero-order valence-electron chi connectivity index (χ0n) is 11.4. The van der Waals surface area contributed by atoms with Crippen molar-refractivity contribution in [1.29, 1.82) is 0 Å². The molecule has 19 heavy (non-hydrogen) atoms. The molecule has 1 aromatic heterocycles. The van der Waals surface area contributed by atoms with Crippen molar-refractivity contribution in [1.82, 2.24) is 4.98 Å². The van der Waals surface area contributed by atoms with Crippen LogP contribution < -0.4 is 0 Å². The summed E-state index contributed by atoms with van der Waals surface area (Å²) in [5.74, 6) is -0.285. The van der Waals surface area contributed by atoms with Gasteiger partial charge in [0.05, 0.1) is 12.3 Å². The van der Waals surface area contributed by atoms with Gasteiger partial charge in [-0.2, -0.15) is 0 Å². The Morgan fingerprint density at radius 3 is 2.89 bits per heavy atom. The van der Waals surface area contributed by atoms with E-state index in [0.717, 1.165) is 36.4 Å². The average Bonchev–Trinajstić information content (AvgIpc) is 2.88. The molecule has 2 aliphatic rings. The quantitative estimate of drug-likeness (QED) is 0.796. The molecule has 1 heterocycles. The van der Waals surface area contributed by atoms with Gasteiger partial charge in [0.1, 0.15) is 16.5 Å². The third kappa shape index (κ3) is 1.99. The van der Waals surface area contributed by atoms with Crippen molar-refractivity contribution in [2.75, 3.05) is 13.7 Å². The molecule has 1 fully saturated rings. The minimum absolute atomic E-state index is 0.127. The van der Waals surface area contributed by atoms with Gasteiger partial charge >= 0.3 is 5.97 Å². The predicted molar refractivity (Wildman–Crippen MR) is 72.3 cm³/mol. The number of ether oxygens (including phenoxy) is 2.